The molecule has 0 unspecified atom stereocenters. The molecular weight excluding hydrogens is 398 g/mol. The van der Waals surface area contributed by atoms with Crippen molar-refractivity contribution >= 4 is 27.3 Å². The third-order valence-corrected chi connectivity index (χ3v) is 7.24. The molecule has 0 radical (unpaired) electrons. The molecule has 1 aromatic heterocycles. The molecule has 1 aromatic carbocycles. The molecule has 29 heavy (non-hydrogen) atoms. The lowest BCUT2D eigenvalue weighted by Gasteiger charge is -2.20. The smallest absolute Gasteiger partial charge is 0.306 e. The van der Waals surface area contributed by atoms with Gasteiger partial charge in [0.2, 0.25) is 15.9 Å². The minimum Gasteiger partial charge on any atom is -0.312 e. The molecule has 11 heteroatoms. The van der Waals surface area contributed by atoms with Crippen molar-refractivity contribution in [2.24, 2.45) is 0 Å². The van der Waals surface area contributed by atoms with Gasteiger partial charge in [0.15, 0.2) is 0 Å². The normalized spacial score (nSPS) is 16.9. The molecule has 1 saturated heterocycles. The molecule has 2 aliphatic rings. The van der Waals surface area contributed by atoms with Crippen molar-refractivity contribution in [3.8, 4) is 0 Å². The Kier molecular flexibility index (Phi) is 5.09. The lowest BCUT2D eigenvalue weighted by molar-refractivity contribution is -0.385. The molecule has 1 fully saturated rings. The van der Waals surface area contributed by atoms with Crippen LogP contribution in [0.1, 0.15) is 24.8 Å². The highest BCUT2D eigenvalue weighted by molar-refractivity contribution is 7.89. The number of carbonyl (C=O) groups is 1. The zero-order valence-corrected chi connectivity index (χ0v) is 16.5. The Bertz CT molecular complexity index is 1060. The summed E-state index contributed by atoms with van der Waals surface area (Å²) in [6, 6.07) is 4.98. The first-order valence-electron chi connectivity index (χ1n) is 9.46. The predicted octanol–water partition coefficient (Wildman–Crippen LogP) is 1.56. The molecule has 2 aliphatic heterocycles. The number of hydrogen-bond acceptors (Lipinski definition) is 6. The molecule has 10 nitrogen and oxygen atoms in total. The highest BCUT2D eigenvalue weighted by Gasteiger charge is 2.31. The van der Waals surface area contributed by atoms with Gasteiger partial charge in [-0.1, -0.05) is 6.07 Å². The fourth-order valence-corrected chi connectivity index (χ4v) is 5.31. The van der Waals surface area contributed by atoms with E-state index in [0.29, 0.717) is 31.7 Å². The second-order valence-corrected chi connectivity index (χ2v) is 9.10. The minimum atomic E-state index is -3.55. The van der Waals surface area contributed by atoms with E-state index in [0.717, 1.165) is 24.6 Å². The van der Waals surface area contributed by atoms with Crippen LogP contribution in [0.4, 0.5) is 11.4 Å². The van der Waals surface area contributed by atoms with Gasteiger partial charge in [0.25, 0.3) is 0 Å². The summed E-state index contributed by atoms with van der Waals surface area (Å²) in [5.41, 5.74) is 1.44. The zero-order valence-electron chi connectivity index (χ0n) is 15.7. The van der Waals surface area contributed by atoms with Crippen LogP contribution < -0.4 is 4.90 Å². The fraction of sp³-hybridized carbons (Fsp3) is 0.444. The van der Waals surface area contributed by atoms with Gasteiger partial charge in [-0.15, -0.1) is 0 Å². The summed E-state index contributed by atoms with van der Waals surface area (Å²) >= 11 is 0. The second kappa shape index (κ2) is 7.56. The molecule has 2 aromatic rings. The third-order valence-electron chi connectivity index (χ3n) is 5.34. The average molecular weight is 419 g/mol. The monoisotopic (exact) mass is 419 g/mol. The van der Waals surface area contributed by atoms with E-state index in [-0.39, 0.29) is 29.5 Å². The number of nitro groups is 1. The van der Waals surface area contributed by atoms with E-state index in [1.807, 2.05) is 0 Å². The minimum absolute atomic E-state index is 0.112. The maximum atomic E-state index is 12.8. The summed E-state index contributed by atoms with van der Waals surface area (Å²) in [6.07, 6.45) is 4.93. The fourth-order valence-electron chi connectivity index (χ4n) is 3.77. The van der Waals surface area contributed by atoms with Crippen molar-refractivity contribution in [3.63, 3.8) is 0 Å². The summed E-state index contributed by atoms with van der Waals surface area (Å²) in [5, 5.41) is 14.6. The number of amides is 1. The van der Waals surface area contributed by atoms with Crippen molar-refractivity contribution in [1.29, 1.82) is 0 Å². The Hall–Kier alpha value is -2.79. The van der Waals surface area contributed by atoms with Crippen LogP contribution in [-0.2, 0) is 27.8 Å². The first kappa shape index (κ1) is 19.5. The SMILES string of the molecule is O=C(CCn1cc([N+](=O)[O-])cn1)N1CCc2ccc(S(=O)(=O)N3CCCC3)cc21. The van der Waals surface area contributed by atoms with Crippen LogP contribution in [0.3, 0.4) is 0 Å². The molecule has 0 aliphatic carbocycles. The van der Waals surface area contributed by atoms with Crippen LogP contribution in [0.2, 0.25) is 0 Å². The number of aromatic nitrogens is 2. The number of fused-ring (bicyclic) bond motifs is 1. The number of hydrogen-bond donors (Lipinski definition) is 0. The van der Waals surface area contributed by atoms with E-state index in [2.05, 4.69) is 5.10 Å². The number of anilines is 1. The average Bonchev–Trinajstić information content (AvgIpc) is 3.46. The van der Waals surface area contributed by atoms with Gasteiger partial charge >= 0.3 is 5.69 Å². The van der Waals surface area contributed by atoms with Crippen LogP contribution in [0, 0.1) is 10.1 Å². The van der Waals surface area contributed by atoms with Crippen LogP contribution in [0.25, 0.3) is 0 Å². The summed E-state index contributed by atoms with van der Waals surface area (Å²) in [6.45, 7) is 1.75. The van der Waals surface area contributed by atoms with Gasteiger partial charge in [-0.2, -0.15) is 9.40 Å². The van der Waals surface area contributed by atoms with Crippen LogP contribution in [-0.4, -0.2) is 53.0 Å². The highest BCUT2D eigenvalue weighted by atomic mass is 32.2. The number of sulfonamides is 1. The van der Waals surface area contributed by atoms with E-state index in [4.69, 9.17) is 0 Å². The summed E-state index contributed by atoms with van der Waals surface area (Å²) in [5.74, 6) is -0.169. The van der Waals surface area contributed by atoms with E-state index < -0.39 is 14.9 Å². The van der Waals surface area contributed by atoms with Crippen LogP contribution in [0.5, 0.6) is 0 Å². The Balaban J connectivity index is 1.49. The maximum absolute atomic E-state index is 12.8. The van der Waals surface area contributed by atoms with Crippen molar-refractivity contribution < 1.29 is 18.1 Å². The number of carbonyl (C=O) groups excluding carboxylic acids is 1. The molecule has 0 saturated carbocycles. The van der Waals surface area contributed by atoms with E-state index in [1.165, 1.54) is 15.2 Å². The van der Waals surface area contributed by atoms with E-state index in [1.54, 1.807) is 23.1 Å². The topological polar surface area (TPSA) is 119 Å². The molecule has 0 spiro atoms. The number of aryl methyl sites for hydroxylation is 1. The first-order chi connectivity index (χ1) is 13.9. The van der Waals surface area contributed by atoms with Gasteiger partial charge in [0.05, 0.1) is 9.82 Å². The quantitative estimate of drug-likeness (QED) is 0.518. The zero-order chi connectivity index (χ0) is 20.6. The standard InChI is InChI=1S/C18H21N5O5S/c24-18(6-9-20-13-15(12-19-20)23(25)26)22-10-5-14-3-4-16(11-17(14)22)29(27,28)21-7-1-2-8-21/h3-4,11-13H,1-2,5-10H2. The Morgan fingerprint density at radius 2 is 1.97 bits per heavy atom. The second-order valence-electron chi connectivity index (χ2n) is 7.17. The molecule has 1 amide bonds. The lowest BCUT2D eigenvalue weighted by Crippen LogP contribution is -2.30. The molecule has 154 valence electrons. The summed E-state index contributed by atoms with van der Waals surface area (Å²) < 4.78 is 28.5. The van der Waals surface area contributed by atoms with Crippen molar-refractivity contribution in [2.45, 2.75) is 37.1 Å². The van der Waals surface area contributed by atoms with Crippen molar-refractivity contribution in [3.05, 3.63) is 46.3 Å². The molecule has 0 N–H and O–H groups in total. The molecule has 3 heterocycles. The van der Waals surface area contributed by atoms with E-state index >= 15 is 0 Å². The Morgan fingerprint density at radius 1 is 1.21 bits per heavy atom. The lowest BCUT2D eigenvalue weighted by atomic mass is 10.2. The van der Waals surface area contributed by atoms with E-state index in [9.17, 15) is 23.3 Å². The number of nitrogens with zero attached hydrogens (tertiary/aromatic N) is 5. The Morgan fingerprint density at radius 3 is 2.66 bits per heavy atom. The molecule has 4 rings (SSSR count). The van der Waals surface area contributed by atoms with Crippen molar-refractivity contribution in [2.75, 3.05) is 24.5 Å². The van der Waals surface area contributed by atoms with Crippen molar-refractivity contribution in [1.82, 2.24) is 14.1 Å². The Labute approximate surface area is 167 Å². The molecule has 0 bridgehead atoms. The summed E-state index contributed by atoms with van der Waals surface area (Å²) in [4.78, 5) is 24.7. The van der Waals surface area contributed by atoms with Gasteiger partial charge in [0, 0.05) is 38.3 Å². The maximum Gasteiger partial charge on any atom is 0.306 e. The van der Waals surface area contributed by atoms with Gasteiger partial charge in [-0.3, -0.25) is 19.6 Å². The highest BCUT2D eigenvalue weighted by Crippen LogP contribution is 2.32. The molecular formula is C18H21N5O5S. The van der Waals surface area contributed by atoms with Gasteiger partial charge < -0.3 is 4.90 Å². The third kappa shape index (κ3) is 3.75. The largest absolute Gasteiger partial charge is 0.312 e. The summed E-state index contributed by atoms with van der Waals surface area (Å²) in [7, 11) is -3.55. The first-order valence-corrected chi connectivity index (χ1v) is 10.9. The van der Waals surface area contributed by atoms with Gasteiger partial charge in [-0.05, 0) is 37.0 Å². The van der Waals surface area contributed by atoms with Crippen LogP contribution >= 0.6 is 0 Å². The predicted molar refractivity (Wildman–Crippen MR) is 104 cm³/mol. The molecule has 0 atom stereocenters. The number of rotatable bonds is 6. The number of benzene rings is 1. The van der Waals surface area contributed by atoms with Gasteiger partial charge in [-0.25, -0.2) is 8.42 Å². The van der Waals surface area contributed by atoms with Crippen LogP contribution in [0.15, 0.2) is 35.5 Å². The van der Waals surface area contributed by atoms with Gasteiger partial charge in [0.1, 0.15) is 12.4 Å².